The van der Waals surface area contributed by atoms with Crippen molar-refractivity contribution in [2.75, 3.05) is 26.2 Å². The molecule has 0 saturated carbocycles. The SMILES string of the molecule is CC1=CCC=CC1C(=O)N1CCCN(Cc2ccsc2)CC1. The number of nitrogens with zero attached hydrogens (tertiary/aromatic N) is 2. The summed E-state index contributed by atoms with van der Waals surface area (Å²) in [6, 6.07) is 2.19. The third-order valence-electron chi connectivity index (χ3n) is 4.55. The van der Waals surface area contributed by atoms with Crippen LogP contribution in [0.3, 0.4) is 0 Å². The maximum Gasteiger partial charge on any atom is 0.233 e. The van der Waals surface area contributed by atoms with Gasteiger partial charge in [-0.25, -0.2) is 0 Å². The molecule has 2 aliphatic rings. The molecule has 0 bridgehead atoms. The Labute approximate surface area is 136 Å². The van der Waals surface area contributed by atoms with Crippen molar-refractivity contribution in [3.63, 3.8) is 0 Å². The fourth-order valence-corrected chi connectivity index (χ4v) is 3.87. The van der Waals surface area contributed by atoms with E-state index in [9.17, 15) is 4.79 Å². The second-order valence-corrected chi connectivity index (χ2v) is 6.96. The van der Waals surface area contributed by atoms with Gasteiger partial charge < -0.3 is 4.90 Å². The van der Waals surface area contributed by atoms with Crippen molar-refractivity contribution in [2.24, 2.45) is 5.92 Å². The fraction of sp³-hybridized carbons (Fsp3) is 0.500. The molecule has 1 atom stereocenters. The summed E-state index contributed by atoms with van der Waals surface area (Å²) in [7, 11) is 0. The highest BCUT2D eigenvalue weighted by molar-refractivity contribution is 7.07. The van der Waals surface area contributed by atoms with Gasteiger partial charge in [-0.15, -0.1) is 0 Å². The molecule has 1 saturated heterocycles. The van der Waals surface area contributed by atoms with E-state index < -0.39 is 0 Å². The summed E-state index contributed by atoms with van der Waals surface area (Å²) in [5, 5.41) is 4.35. The Morgan fingerprint density at radius 2 is 2.23 bits per heavy atom. The monoisotopic (exact) mass is 316 g/mol. The van der Waals surface area contributed by atoms with Gasteiger partial charge in [-0.2, -0.15) is 11.3 Å². The number of allylic oxidation sites excluding steroid dienone is 2. The van der Waals surface area contributed by atoms with E-state index in [2.05, 4.69) is 51.8 Å². The molecule has 1 aromatic rings. The summed E-state index contributed by atoms with van der Waals surface area (Å²) in [6.45, 7) is 6.87. The quantitative estimate of drug-likeness (QED) is 0.799. The van der Waals surface area contributed by atoms with E-state index in [1.165, 1.54) is 11.1 Å². The third-order valence-corrected chi connectivity index (χ3v) is 5.28. The maximum absolute atomic E-state index is 12.8. The fourth-order valence-electron chi connectivity index (χ4n) is 3.21. The third kappa shape index (κ3) is 3.68. The van der Waals surface area contributed by atoms with E-state index >= 15 is 0 Å². The van der Waals surface area contributed by atoms with Crippen molar-refractivity contribution >= 4 is 17.2 Å². The van der Waals surface area contributed by atoms with Crippen LogP contribution in [-0.2, 0) is 11.3 Å². The minimum absolute atomic E-state index is 0.0304. The number of rotatable bonds is 3. The molecule has 0 radical (unpaired) electrons. The van der Waals surface area contributed by atoms with Gasteiger partial charge in [0.1, 0.15) is 0 Å². The number of amides is 1. The molecule has 0 aromatic carbocycles. The summed E-state index contributed by atoms with van der Waals surface area (Å²) in [4.78, 5) is 17.3. The van der Waals surface area contributed by atoms with Crippen molar-refractivity contribution in [1.82, 2.24) is 9.80 Å². The van der Waals surface area contributed by atoms with Crippen LogP contribution in [0.2, 0.25) is 0 Å². The lowest BCUT2D eigenvalue weighted by molar-refractivity contribution is -0.132. The molecule has 1 aliphatic heterocycles. The summed E-state index contributed by atoms with van der Waals surface area (Å²) in [5.74, 6) is 0.249. The summed E-state index contributed by atoms with van der Waals surface area (Å²) in [6.07, 6.45) is 8.38. The first-order valence-electron chi connectivity index (χ1n) is 8.09. The lowest BCUT2D eigenvalue weighted by Crippen LogP contribution is -2.39. The molecule has 0 spiro atoms. The zero-order chi connectivity index (χ0) is 15.4. The zero-order valence-corrected chi connectivity index (χ0v) is 14.0. The molecular weight excluding hydrogens is 292 g/mol. The average Bonchev–Trinajstić information content (AvgIpc) is 2.92. The first kappa shape index (κ1) is 15.5. The van der Waals surface area contributed by atoms with Gasteiger partial charge >= 0.3 is 0 Å². The summed E-state index contributed by atoms with van der Waals surface area (Å²) >= 11 is 1.75. The Hall–Kier alpha value is -1.39. The van der Waals surface area contributed by atoms with E-state index in [1.54, 1.807) is 11.3 Å². The van der Waals surface area contributed by atoms with Crippen LogP contribution in [0.4, 0.5) is 0 Å². The maximum atomic E-state index is 12.8. The molecule has 4 heteroatoms. The van der Waals surface area contributed by atoms with Gasteiger partial charge in [0.2, 0.25) is 5.91 Å². The summed E-state index contributed by atoms with van der Waals surface area (Å²) in [5.41, 5.74) is 2.59. The van der Waals surface area contributed by atoms with Gasteiger partial charge in [0.05, 0.1) is 5.92 Å². The smallest absolute Gasteiger partial charge is 0.233 e. The normalized spacial score (nSPS) is 23.2. The molecule has 22 heavy (non-hydrogen) atoms. The lowest BCUT2D eigenvalue weighted by atomic mass is 9.93. The van der Waals surface area contributed by atoms with E-state index in [-0.39, 0.29) is 11.8 Å². The van der Waals surface area contributed by atoms with Crippen molar-refractivity contribution < 1.29 is 4.79 Å². The van der Waals surface area contributed by atoms with Crippen LogP contribution in [0.25, 0.3) is 0 Å². The molecule has 0 N–H and O–H groups in total. The van der Waals surface area contributed by atoms with Crippen LogP contribution in [0.1, 0.15) is 25.3 Å². The Balaban J connectivity index is 1.58. The molecule has 1 aliphatic carbocycles. The van der Waals surface area contributed by atoms with Gasteiger partial charge in [0, 0.05) is 32.7 Å². The second-order valence-electron chi connectivity index (χ2n) is 6.18. The van der Waals surface area contributed by atoms with Crippen LogP contribution >= 0.6 is 11.3 Å². The van der Waals surface area contributed by atoms with Gasteiger partial charge in [0.15, 0.2) is 0 Å². The van der Waals surface area contributed by atoms with E-state index in [0.717, 1.165) is 45.6 Å². The van der Waals surface area contributed by atoms with Gasteiger partial charge in [-0.05, 0) is 42.2 Å². The predicted molar refractivity (Wildman–Crippen MR) is 91.8 cm³/mol. The Bertz CT molecular complexity index is 562. The average molecular weight is 316 g/mol. The Kier molecular flexibility index (Phi) is 5.11. The Morgan fingerprint density at radius 3 is 3.00 bits per heavy atom. The van der Waals surface area contributed by atoms with Crippen molar-refractivity contribution in [3.05, 3.63) is 46.2 Å². The molecule has 1 aromatic heterocycles. The molecule has 1 fully saturated rings. The van der Waals surface area contributed by atoms with Crippen molar-refractivity contribution in [3.8, 4) is 0 Å². The number of thiophene rings is 1. The molecule has 3 rings (SSSR count). The van der Waals surface area contributed by atoms with Gasteiger partial charge in [-0.3, -0.25) is 9.69 Å². The molecular formula is C18H24N2OS. The van der Waals surface area contributed by atoms with Crippen LogP contribution in [0.5, 0.6) is 0 Å². The number of hydrogen-bond acceptors (Lipinski definition) is 3. The summed E-state index contributed by atoms with van der Waals surface area (Å²) < 4.78 is 0. The number of hydrogen-bond donors (Lipinski definition) is 0. The molecule has 1 unspecified atom stereocenters. The lowest BCUT2D eigenvalue weighted by Gasteiger charge is -2.26. The molecule has 2 heterocycles. The van der Waals surface area contributed by atoms with Gasteiger partial charge in [-0.1, -0.05) is 23.8 Å². The highest BCUT2D eigenvalue weighted by Gasteiger charge is 2.26. The van der Waals surface area contributed by atoms with E-state index in [0.29, 0.717) is 0 Å². The predicted octanol–water partition coefficient (Wildman–Crippen LogP) is 3.30. The van der Waals surface area contributed by atoms with Crippen molar-refractivity contribution in [1.29, 1.82) is 0 Å². The first-order valence-corrected chi connectivity index (χ1v) is 9.04. The molecule has 3 nitrogen and oxygen atoms in total. The first-order chi connectivity index (χ1) is 10.7. The Morgan fingerprint density at radius 1 is 1.32 bits per heavy atom. The zero-order valence-electron chi connectivity index (χ0n) is 13.2. The highest BCUT2D eigenvalue weighted by Crippen LogP contribution is 2.22. The standard InChI is InChI=1S/C18H24N2OS/c1-15-5-2-3-6-17(15)18(21)20-9-4-8-19(10-11-20)13-16-7-12-22-14-16/h3,5-7,12,14,17H,2,4,8-11,13H2,1H3. The molecule has 1 amide bonds. The van der Waals surface area contributed by atoms with E-state index in [1.807, 2.05) is 0 Å². The number of carbonyl (C=O) groups excluding carboxylic acids is 1. The van der Waals surface area contributed by atoms with Crippen LogP contribution in [0.15, 0.2) is 40.6 Å². The van der Waals surface area contributed by atoms with E-state index in [4.69, 9.17) is 0 Å². The van der Waals surface area contributed by atoms with Crippen molar-refractivity contribution in [2.45, 2.75) is 26.3 Å². The van der Waals surface area contributed by atoms with Crippen LogP contribution in [-0.4, -0.2) is 41.9 Å². The topological polar surface area (TPSA) is 23.6 Å². The molecule has 118 valence electrons. The number of carbonyl (C=O) groups is 1. The van der Waals surface area contributed by atoms with Crippen LogP contribution in [0, 0.1) is 5.92 Å². The minimum Gasteiger partial charge on any atom is -0.341 e. The highest BCUT2D eigenvalue weighted by atomic mass is 32.1. The largest absolute Gasteiger partial charge is 0.341 e. The van der Waals surface area contributed by atoms with Gasteiger partial charge in [0.25, 0.3) is 0 Å². The van der Waals surface area contributed by atoms with Crippen LogP contribution < -0.4 is 0 Å². The minimum atomic E-state index is -0.0304. The second kappa shape index (κ2) is 7.25.